The van der Waals surface area contributed by atoms with Crippen LogP contribution in [0.4, 0.5) is 0 Å². The van der Waals surface area contributed by atoms with Crippen LogP contribution in [0.15, 0.2) is 60.7 Å². The summed E-state index contributed by atoms with van der Waals surface area (Å²) in [5.74, 6) is 0.858. The molecule has 1 unspecified atom stereocenters. The SMILES string of the molecule is CCC(Oc1ccccc1)C(=O)N1CCN(Cc2ccccc2)CC1.Cl. The van der Waals surface area contributed by atoms with Crippen LogP contribution in [0, 0.1) is 0 Å². The smallest absolute Gasteiger partial charge is 0.263 e. The van der Waals surface area contributed by atoms with E-state index in [-0.39, 0.29) is 18.3 Å². The Hall–Kier alpha value is -2.04. The van der Waals surface area contributed by atoms with E-state index in [1.165, 1.54) is 5.56 Å². The highest BCUT2D eigenvalue weighted by Gasteiger charge is 2.27. The summed E-state index contributed by atoms with van der Waals surface area (Å²) in [6, 6.07) is 20.1. The third-order valence-electron chi connectivity index (χ3n) is 4.60. The lowest BCUT2D eigenvalue weighted by Gasteiger charge is -2.36. The lowest BCUT2D eigenvalue weighted by molar-refractivity contribution is -0.140. The Labute approximate surface area is 162 Å². The second-order valence-electron chi connectivity index (χ2n) is 6.41. The normalized spacial score (nSPS) is 15.8. The molecule has 0 aromatic heterocycles. The molecule has 1 aliphatic rings. The van der Waals surface area contributed by atoms with Gasteiger partial charge in [0, 0.05) is 32.7 Å². The lowest BCUT2D eigenvalue weighted by atomic mass is 10.1. The Morgan fingerprint density at radius 3 is 2.12 bits per heavy atom. The van der Waals surface area contributed by atoms with E-state index in [2.05, 4.69) is 29.2 Å². The molecule has 0 radical (unpaired) electrons. The van der Waals surface area contributed by atoms with Crippen LogP contribution in [-0.4, -0.2) is 48.0 Å². The first kappa shape index (κ1) is 20.3. The molecule has 0 N–H and O–H groups in total. The van der Waals surface area contributed by atoms with Gasteiger partial charge in [0.25, 0.3) is 5.91 Å². The predicted octanol–water partition coefficient (Wildman–Crippen LogP) is 3.61. The number of benzene rings is 2. The van der Waals surface area contributed by atoms with E-state index >= 15 is 0 Å². The van der Waals surface area contributed by atoms with Crippen LogP contribution < -0.4 is 4.74 Å². The molecule has 4 nitrogen and oxygen atoms in total. The van der Waals surface area contributed by atoms with Gasteiger partial charge in [-0.05, 0) is 24.1 Å². The first-order chi connectivity index (χ1) is 12.3. The average Bonchev–Trinajstić information content (AvgIpc) is 2.68. The van der Waals surface area contributed by atoms with Crippen LogP contribution in [-0.2, 0) is 11.3 Å². The third kappa shape index (κ3) is 5.48. The van der Waals surface area contributed by atoms with Crippen LogP contribution >= 0.6 is 12.4 Å². The van der Waals surface area contributed by atoms with Gasteiger partial charge in [0.05, 0.1) is 0 Å². The molecule has 1 fully saturated rings. The zero-order valence-electron chi connectivity index (χ0n) is 15.2. The number of amides is 1. The van der Waals surface area contributed by atoms with Gasteiger partial charge in [-0.2, -0.15) is 0 Å². The number of rotatable bonds is 6. The second-order valence-corrected chi connectivity index (χ2v) is 6.41. The molecular weight excluding hydrogens is 348 g/mol. The van der Waals surface area contributed by atoms with E-state index in [0.29, 0.717) is 6.42 Å². The highest BCUT2D eigenvalue weighted by molar-refractivity contribution is 5.85. The van der Waals surface area contributed by atoms with Gasteiger partial charge in [-0.3, -0.25) is 9.69 Å². The largest absolute Gasteiger partial charge is 0.481 e. The van der Waals surface area contributed by atoms with Crippen molar-refractivity contribution in [3.8, 4) is 5.75 Å². The standard InChI is InChI=1S/C21H26N2O2.ClH/c1-2-20(25-19-11-7-4-8-12-19)21(24)23-15-13-22(14-16-23)17-18-9-5-3-6-10-18;/h3-12,20H,2,13-17H2,1H3;1H. The molecule has 2 aromatic rings. The number of hydrogen-bond donors (Lipinski definition) is 0. The Morgan fingerprint density at radius 2 is 1.54 bits per heavy atom. The number of nitrogens with zero attached hydrogens (tertiary/aromatic N) is 2. The number of para-hydroxylation sites is 1. The molecule has 1 amide bonds. The molecule has 1 saturated heterocycles. The van der Waals surface area contributed by atoms with E-state index in [1.807, 2.05) is 48.2 Å². The molecule has 0 bridgehead atoms. The minimum Gasteiger partial charge on any atom is -0.481 e. The van der Waals surface area contributed by atoms with Gasteiger partial charge in [0.1, 0.15) is 5.75 Å². The molecule has 26 heavy (non-hydrogen) atoms. The molecule has 1 atom stereocenters. The fourth-order valence-corrected chi connectivity index (χ4v) is 3.14. The summed E-state index contributed by atoms with van der Waals surface area (Å²) >= 11 is 0. The van der Waals surface area contributed by atoms with E-state index in [4.69, 9.17) is 4.74 Å². The van der Waals surface area contributed by atoms with Crippen LogP contribution in [0.1, 0.15) is 18.9 Å². The van der Waals surface area contributed by atoms with Crippen LogP contribution in [0.25, 0.3) is 0 Å². The summed E-state index contributed by atoms with van der Waals surface area (Å²) in [4.78, 5) is 17.1. The maximum Gasteiger partial charge on any atom is 0.263 e. The van der Waals surface area contributed by atoms with Crippen LogP contribution in [0.2, 0.25) is 0 Å². The van der Waals surface area contributed by atoms with Crippen molar-refractivity contribution in [1.29, 1.82) is 0 Å². The molecule has 0 aliphatic carbocycles. The van der Waals surface area contributed by atoms with E-state index in [1.54, 1.807) is 0 Å². The Morgan fingerprint density at radius 1 is 0.962 bits per heavy atom. The van der Waals surface area contributed by atoms with E-state index < -0.39 is 6.10 Å². The van der Waals surface area contributed by atoms with Gasteiger partial charge in [0.15, 0.2) is 6.10 Å². The van der Waals surface area contributed by atoms with Gasteiger partial charge in [-0.1, -0.05) is 55.5 Å². The maximum absolute atomic E-state index is 12.8. The fraction of sp³-hybridized carbons (Fsp3) is 0.381. The summed E-state index contributed by atoms with van der Waals surface area (Å²) in [5.41, 5.74) is 1.32. The van der Waals surface area contributed by atoms with Crippen molar-refractivity contribution in [3.05, 3.63) is 66.2 Å². The molecule has 2 aromatic carbocycles. The fourth-order valence-electron chi connectivity index (χ4n) is 3.14. The number of ether oxygens (including phenoxy) is 1. The number of halogens is 1. The highest BCUT2D eigenvalue weighted by atomic mass is 35.5. The second kappa shape index (κ2) is 10.2. The summed E-state index contributed by atoms with van der Waals surface area (Å²) in [7, 11) is 0. The quantitative estimate of drug-likeness (QED) is 0.774. The first-order valence-electron chi connectivity index (χ1n) is 9.03. The van der Waals surface area contributed by atoms with Crippen LogP contribution in [0.5, 0.6) is 5.75 Å². The topological polar surface area (TPSA) is 32.8 Å². The summed E-state index contributed by atoms with van der Waals surface area (Å²) in [6.45, 7) is 6.28. The minimum atomic E-state index is -0.400. The van der Waals surface area contributed by atoms with E-state index in [9.17, 15) is 4.79 Å². The predicted molar refractivity (Wildman–Crippen MR) is 107 cm³/mol. The van der Waals surface area contributed by atoms with Crippen LogP contribution in [0.3, 0.4) is 0 Å². The highest BCUT2D eigenvalue weighted by Crippen LogP contribution is 2.16. The minimum absolute atomic E-state index is 0. The Balaban J connectivity index is 0.00000243. The molecule has 1 heterocycles. The van der Waals surface area contributed by atoms with Crippen molar-refractivity contribution in [2.24, 2.45) is 0 Å². The monoisotopic (exact) mass is 374 g/mol. The van der Waals surface area contributed by atoms with Gasteiger partial charge in [-0.15, -0.1) is 12.4 Å². The zero-order chi connectivity index (χ0) is 17.5. The first-order valence-corrected chi connectivity index (χ1v) is 9.03. The Bertz CT molecular complexity index is 658. The van der Waals surface area contributed by atoms with Gasteiger partial charge < -0.3 is 9.64 Å². The van der Waals surface area contributed by atoms with Crippen molar-refractivity contribution in [1.82, 2.24) is 9.80 Å². The number of hydrogen-bond acceptors (Lipinski definition) is 3. The van der Waals surface area contributed by atoms with E-state index in [0.717, 1.165) is 38.5 Å². The van der Waals surface area contributed by atoms with Crippen molar-refractivity contribution < 1.29 is 9.53 Å². The number of piperazine rings is 1. The summed E-state index contributed by atoms with van der Waals surface area (Å²) in [6.07, 6.45) is 0.279. The third-order valence-corrected chi connectivity index (χ3v) is 4.60. The number of carbonyl (C=O) groups excluding carboxylic acids is 1. The van der Waals surface area contributed by atoms with Gasteiger partial charge in [0.2, 0.25) is 0 Å². The Kier molecular flexibility index (Phi) is 7.95. The molecule has 140 valence electrons. The molecule has 3 rings (SSSR count). The molecule has 5 heteroatoms. The van der Waals surface area contributed by atoms with Crippen molar-refractivity contribution in [2.75, 3.05) is 26.2 Å². The molecular formula is C21H27ClN2O2. The van der Waals surface area contributed by atoms with Crippen molar-refractivity contribution in [2.45, 2.75) is 26.0 Å². The molecule has 0 saturated carbocycles. The lowest BCUT2D eigenvalue weighted by Crippen LogP contribution is -2.52. The van der Waals surface area contributed by atoms with Crippen molar-refractivity contribution in [3.63, 3.8) is 0 Å². The van der Waals surface area contributed by atoms with Gasteiger partial charge >= 0.3 is 0 Å². The zero-order valence-corrected chi connectivity index (χ0v) is 16.0. The maximum atomic E-state index is 12.8. The van der Waals surface area contributed by atoms with Gasteiger partial charge in [-0.25, -0.2) is 0 Å². The number of carbonyl (C=O) groups is 1. The van der Waals surface area contributed by atoms with Crippen molar-refractivity contribution >= 4 is 18.3 Å². The average molecular weight is 375 g/mol. The summed E-state index contributed by atoms with van der Waals surface area (Å²) < 4.78 is 5.90. The molecule has 0 spiro atoms. The summed E-state index contributed by atoms with van der Waals surface area (Å²) in [5, 5.41) is 0. The molecule has 1 aliphatic heterocycles.